The smallest absolute Gasteiger partial charge is 0.336 e. The van der Waals surface area contributed by atoms with Crippen molar-refractivity contribution in [2.75, 3.05) is 13.2 Å². The molecular formula is C16H19O5P. The van der Waals surface area contributed by atoms with E-state index in [4.69, 9.17) is 9.05 Å². The summed E-state index contributed by atoms with van der Waals surface area (Å²) < 4.78 is 23.4. The zero-order valence-corrected chi connectivity index (χ0v) is 13.5. The Labute approximate surface area is 129 Å². The van der Waals surface area contributed by atoms with E-state index in [1.807, 2.05) is 24.3 Å². The quantitative estimate of drug-likeness (QED) is 0.769. The van der Waals surface area contributed by atoms with Crippen LogP contribution in [0, 0.1) is 0 Å². The Bertz CT molecular complexity index is 716. The van der Waals surface area contributed by atoms with Gasteiger partial charge in [-0.3, -0.25) is 4.57 Å². The molecule has 0 aromatic heterocycles. The summed E-state index contributed by atoms with van der Waals surface area (Å²) >= 11 is 0. The molecule has 0 unspecified atom stereocenters. The van der Waals surface area contributed by atoms with Gasteiger partial charge in [-0.05, 0) is 36.2 Å². The number of carboxylic acids is 1. The maximum atomic E-state index is 12.8. The molecule has 0 amide bonds. The van der Waals surface area contributed by atoms with Crippen molar-refractivity contribution in [3.05, 3.63) is 47.5 Å². The summed E-state index contributed by atoms with van der Waals surface area (Å²) in [5.74, 6) is -1.06. The van der Waals surface area contributed by atoms with Gasteiger partial charge in [0.05, 0.1) is 24.9 Å². The van der Waals surface area contributed by atoms with Gasteiger partial charge in [-0.25, -0.2) is 4.79 Å². The topological polar surface area (TPSA) is 72.8 Å². The Hall–Kier alpha value is -1.68. The molecule has 118 valence electrons. The van der Waals surface area contributed by atoms with Gasteiger partial charge in [0, 0.05) is 0 Å². The molecule has 0 aliphatic rings. The lowest BCUT2D eigenvalue weighted by Crippen LogP contribution is -2.06. The fourth-order valence-corrected chi connectivity index (χ4v) is 4.19. The summed E-state index contributed by atoms with van der Waals surface area (Å²) in [5, 5.41) is 11.1. The minimum atomic E-state index is -3.38. The number of rotatable bonds is 7. The van der Waals surface area contributed by atoms with Crippen LogP contribution in [-0.2, 0) is 19.8 Å². The van der Waals surface area contributed by atoms with Crippen LogP contribution in [0.2, 0.25) is 0 Å². The van der Waals surface area contributed by atoms with Crippen LogP contribution in [0.3, 0.4) is 0 Å². The van der Waals surface area contributed by atoms with Gasteiger partial charge in [-0.1, -0.05) is 30.3 Å². The molecule has 0 saturated carbocycles. The summed E-state index contributed by atoms with van der Waals surface area (Å²) in [5.41, 5.74) is 0.606. The van der Waals surface area contributed by atoms with E-state index < -0.39 is 13.6 Å². The van der Waals surface area contributed by atoms with Gasteiger partial charge in [-0.2, -0.15) is 0 Å². The fourth-order valence-electron chi connectivity index (χ4n) is 2.42. The van der Waals surface area contributed by atoms with Crippen molar-refractivity contribution in [1.82, 2.24) is 0 Å². The molecule has 0 radical (unpaired) electrons. The van der Waals surface area contributed by atoms with Crippen molar-refractivity contribution in [1.29, 1.82) is 0 Å². The molecule has 22 heavy (non-hydrogen) atoms. The van der Waals surface area contributed by atoms with Gasteiger partial charge >= 0.3 is 13.6 Å². The maximum Gasteiger partial charge on any atom is 0.336 e. The number of aromatic carboxylic acids is 1. The third kappa shape index (κ3) is 3.55. The van der Waals surface area contributed by atoms with Crippen molar-refractivity contribution in [2.24, 2.45) is 0 Å². The Morgan fingerprint density at radius 2 is 1.73 bits per heavy atom. The second-order valence-electron chi connectivity index (χ2n) is 4.72. The largest absolute Gasteiger partial charge is 0.478 e. The van der Waals surface area contributed by atoms with Crippen LogP contribution in [0.1, 0.15) is 29.8 Å². The van der Waals surface area contributed by atoms with E-state index in [-0.39, 0.29) is 24.9 Å². The van der Waals surface area contributed by atoms with E-state index in [9.17, 15) is 14.5 Å². The van der Waals surface area contributed by atoms with Crippen LogP contribution >= 0.6 is 7.60 Å². The molecule has 0 heterocycles. The maximum absolute atomic E-state index is 12.8. The van der Waals surface area contributed by atoms with Crippen molar-refractivity contribution in [2.45, 2.75) is 20.0 Å². The molecule has 1 N–H and O–H groups in total. The van der Waals surface area contributed by atoms with Crippen molar-refractivity contribution in [3.8, 4) is 0 Å². The van der Waals surface area contributed by atoms with E-state index in [1.54, 1.807) is 19.9 Å². The predicted molar refractivity (Wildman–Crippen MR) is 85.5 cm³/mol. The number of hydrogen-bond donors (Lipinski definition) is 1. The normalized spacial score (nSPS) is 11.7. The third-order valence-corrected chi connectivity index (χ3v) is 5.28. The molecule has 2 aromatic rings. The molecule has 0 aliphatic carbocycles. The van der Waals surface area contributed by atoms with Crippen LogP contribution < -0.4 is 0 Å². The Kier molecular flexibility index (Phi) is 5.35. The average molecular weight is 322 g/mol. The average Bonchev–Trinajstić information content (AvgIpc) is 2.47. The second-order valence-corrected chi connectivity index (χ2v) is 6.78. The van der Waals surface area contributed by atoms with Crippen molar-refractivity contribution in [3.63, 3.8) is 0 Å². The van der Waals surface area contributed by atoms with Crippen LogP contribution in [0.15, 0.2) is 36.4 Å². The first kappa shape index (κ1) is 16.7. The Morgan fingerprint density at radius 1 is 1.09 bits per heavy atom. The lowest BCUT2D eigenvalue weighted by atomic mass is 10.0. The molecule has 5 nitrogen and oxygen atoms in total. The van der Waals surface area contributed by atoms with E-state index in [0.29, 0.717) is 5.56 Å². The van der Waals surface area contributed by atoms with Gasteiger partial charge in [0.25, 0.3) is 0 Å². The molecular weight excluding hydrogens is 303 g/mol. The molecule has 0 aliphatic heterocycles. The zero-order valence-electron chi connectivity index (χ0n) is 12.6. The molecule has 0 atom stereocenters. The molecule has 2 rings (SSSR count). The Balaban J connectivity index is 2.58. The number of hydrogen-bond acceptors (Lipinski definition) is 4. The van der Waals surface area contributed by atoms with E-state index in [0.717, 1.165) is 10.8 Å². The minimum absolute atomic E-state index is 0.0579. The summed E-state index contributed by atoms with van der Waals surface area (Å²) in [7, 11) is -3.38. The molecule has 0 saturated heterocycles. The summed E-state index contributed by atoms with van der Waals surface area (Å²) in [4.78, 5) is 11.5. The third-order valence-electron chi connectivity index (χ3n) is 3.27. The molecule has 0 fully saturated rings. The Morgan fingerprint density at radius 3 is 2.32 bits per heavy atom. The minimum Gasteiger partial charge on any atom is -0.478 e. The van der Waals surface area contributed by atoms with Gasteiger partial charge in [0.2, 0.25) is 0 Å². The van der Waals surface area contributed by atoms with Crippen LogP contribution in [-0.4, -0.2) is 24.3 Å². The molecule has 0 spiro atoms. The standard InChI is InChI=1S/C16H19O5P/c1-3-20-22(19,21-4-2)11-15-13-8-6-5-7-12(13)9-10-14(15)16(17)18/h5-10H,3-4,11H2,1-2H3,(H,17,18). The monoisotopic (exact) mass is 322 g/mol. The first-order valence-electron chi connectivity index (χ1n) is 7.12. The van der Waals surface area contributed by atoms with Gasteiger partial charge in [-0.15, -0.1) is 0 Å². The molecule has 0 bridgehead atoms. The van der Waals surface area contributed by atoms with E-state index in [1.165, 1.54) is 6.07 Å². The van der Waals surface area contributed by atoms with Gasteiger partial charge < -0.3 is 14.2 Å². The highest BCUT2D eigenvalue weighted by molar-refractivity contribution is 7.53. The van der Waals surface area contributed by atoms with Gasteiger partial charge in [0.15, 0.2) is 0 Å². The van der Waals surface area contributed by atoms with Crippen molar-refractivity contribution >= 4 is 24.3 Å². The number of benzene rings is 2. The zero-order chi connectivity index (χ0) is 16.2. The van der Waals surface area contributed by atoms with Crippen LogP contribution in [0.4, 0.5) is 0 Å². The first-order valence-corrected chi connectivity index (χ1v) is 8.85. The predicted octanol–water partition coefficient (Wildman–Crippen LogP) is 4.30. The number of carbonyl (C=O) groups is 1. The first-order chi connectivity index (χ1) is 10.5. The summed E-state index contributed by atoms with van der Waals surface area (Å²) in [6, 6.07) is 10.7. The highest BCUT2D eigenvalue weighted by atomic mass is 31.2. The number of carboxylic acid groups (broad SMARTS) is 1. The lowest BCUT2D eigenvalue weighted by molar-refractivity contribution is 0.0696. The highest BCUT2D eigenvalue weighted by Crippen LogP contribution is 2.52. The SMILES string of the molecule is CCOP(=O)(Cc1c(C(=O)O)ccc2ccccc12)OCC. The lowest BCUT2D eigenvalue weighted by Gasteiger charge is -2.19. The fraction of sp³-hybridized carbons (Fsp3) is 0.312. The molecule has 2 aromatic carbocycles. The second kappa shape index (κ2) is 7.05. The highest BCUT2D eigenvalue weighted by Gasteiger charge is 2.28. The van der Waals surface area contributed by atoms with Gasteiger partial charge in [0.1, 0.15) is 0 Å². The van der Waals surface area contributed by atoms with Crippen LogP contribution in [0.5, 0.6) is 0 Å². The van der Waals surface area contributed by atoms with Crippen molar-refractivity contribution < 1.29 is 23.5 Å². The number of fused-ring (bicyclic) bond motifs is 1. The summed E-state index contributed by atoms with van der Waals surface area (Å²) in [6.07, 6.45) is -0.0579. The summed E-state index contributed by atoms with van der Waals surface area (Å²) in [6.45, 7) is 3.94. The van der Waals surface area contributed by atoms with E-state index in [2.05, 4.69) is 0 Å². The van der Waals surface area contributed by atoms with E-state index >= 15 is 0 Å². The van der Waals surface area contributed by atoms with Crippen LogP contribution in [0.25, 0.3) is 10.8 Å². The molecule has 6 heteroatoms.